The van der Waals surface area contributed by atoms with E-state index in [9.17, 15) is 31.5 Å². The van der Waals surface area contributed by atoms with Gasteiger partial charge in [0.25, 0.3) is 6.43 Å². The SMILES string of the molecule is O=C(O)CCC(NC(=O)C(F)(F)F)C(F)F. The Morgan fingerprint density at radius 1 is 1.25 bits per heavy atom. The maximum absolute atomic E-state index is 12.1. The molecule has 16 heavy (non-hydrogen) atoms. The van der Waals surface area contributed by atoms with Crippen LogP contribution in [-0.2, 0) is 9.59 Å². The van der Waals surface area contributed by atoms with Gasteiger partial charge in [0.1, 0.15) is 0 Å². The molecule has 0 aliphatic rings. The van der Waals surface area contributed by atoms with Crippen LogP contribution in [0.1, 0.15) is 12.8 Å². The molecular weight excluding hydrogens is 241 g/mol. The topological polar surface area (TPSA) is 66.4 Å². The lowest BCUT2D eigenvalue weighted by Crippen LogP contribution is -2.46. The van der Waals surface area contributed by atoms with Crippen molar-refractivity contribution < 1.29 is 36.6 Å². The number of alkyl halides is 5. The van der Waals surface area contributed by atoms with Gasteiger partial charge in [-0.05, 0) is 6.42 Å². The van der Waals surface area contributed by atoms with E-state index in [4.69, 9.17) is 5.11 Å². The number of carboxylic acids is 1. The van der Waals surface area contributed by atoms with E-state index in [1.54, 1.807) is 0 Å². The number of nitrogens with one attached hydrogen (secondary N) is 1. The molecule has 9 heteroatoms. The van der Waals surface area contributed by atoms with Gasteiger partial charge in [-0.25, -0.2) is 8.78 Å². The first kappa shape index (κ1) is 14.6. The molecule has 94 valence electrons. The van der Waals surface area contributed by atoms with Crippen LogP contribution < -0.4 is 5.32 Å². The number of rotatable bonds is 5. The molecule has 0 aromatic rings. The van der Waals surface area contributed by atoms with Crippen LogP contribution in [0.4, 0.5) is 22.0 Å². The minimum atomic E-state index is -5.27. The van der Waals surface area contributed by atoms with Crippen molar-refractivity contribution >= 4 is 11.9 Å². The highest BCUT2D eigenvalue weighted by atomic mass is 19.4. The third-order valence-electron chi connectivity index (χ3n) is 1.55. The summed E-state index contributed by atoms with van der Waals surface area (Å²) < 4.78 is 59.3. The van der Waals surface area contributed by atoms with Gasteiger partial charge in [-0.1, -0.05) is 0 Å². The zero-order valence-electron chi connectivity index (χ0n) is 7.72. The Morgan fingerprint density at radius 2 is 1.75 bits per heavy atom. The van der Waals surface area contributed by atoms with Crippen LogP contribution >= 0.6 is 0 Å². The molecular formula is C7H8F5NO3. The lowest BCUT2D eigenvalue weighted by molar-refractivity contribution is -0.175. The Hall–Kier alpha value is -1.41. The average Bonchev–Trinajstić information content (AvgIpc) is 2.09. The van der Waals surface area contributed by atoms with E-state index in [1.165, 1.54) is 0 Å². The largest absolute Gasteiger partial charge is 0.481 e. The lowest BCUT2D eigenvalue weighted by Gasteiger charge is -2.17. The van der Waals surface area contributed by atoms with E-state index in [-0.39, 0.29) is 0 Å². The maximum Gasteiger partial charge on any atom is 0.471 e. The Balaban J connectivity index is 4.35. The molecule has 4 nitrogen and oxygen atoms in total. The Labute approximate surface area is 86.4 Å². The van der Waals surface area contributed by atoms with Crippen molar-refractivity contribution in [3.8, 4) is 0 Å². The summed E-state index contributed by atoms with van der Waals surface area (Å²) in [6.07, 6.45) is -10.1. The number of halogens is 5. The molecule has 0 rings (SSSR count). The van der Waals surface area contributed by atoms with E-state index in [0.29, 0.717) is 0 Å². The van der Waals surface area contributed by atoms with Crippen LogP contribution in [-0.4, -0.2) is 35.6 Å². The van der Waals surface area contributed by atoms with Crippen LogP contribution in [0.2, 0.25) is 0 Å². The Bertz CT molecular complexity index is 265. The number of hydrogen-bond donors (Lipinski definition) is 2. The lowest BCUT2D eigenvalue weighted by atomic mass is 10.1. The van der Waals surface area contributed by atoms with Crippen LogP contribution in [0, 0.1) is 0 Å². The summed E-state index contributed by atoms with van der Waals surface area (Å²) in [4.78, 5) is 20.3. The summed E-state index contributed by atoms with van der Waals surface area (Å²) in [6.45, 7) is 0. The van der Waals surface area contributed by atoms with Gasteiger partial charge in [0.05, 0.1) is 6.04 Å². The normalized spacial score (nSPS) is 13.6. The van der Waals surface area contributed by atoms with E-state index in [0.717, 1.165) is 5.32 Å². The van der Waals surface area contributed by atoms with Crippen LogP contribution in [0.5, 0.6) is 0 Å². The van der Waals surface area contributed by atoms with Crippen molar-refractivity contribution in [2.24, 2.45) is 0 Å². The summed E-state index contributed by atoms with van der Waals surface area (Å²) in [5, 5.41) is 9.19. The molecule has 0 aromatic heterocycles. The molecule has 0 heterocycles. The van der Waals surface area contributed by atoms with Crippen LogP contribution in [0.25, 0.3) is 0 Å². The predicted octanol–water partition coefficient (Wildman–Crippen LogP) is 1.16. The second-order valence-corrected chi connectivity index (χ2v) is 2.84. The molecule has 2 N–H and O–H groups in total. The van der Waals surface area contributed by atoms with Gasteiger partial charge in [-0.3, -0.25) is 9.59 Å². The highest BCUT2D eigenvalue weighted by molar-refractivity contribution is 5.82. The van der Waals surface area contributed by atoms with Crippen molar-refractivity contribution in [3.05, 3.63) is 0 Å². The van der Waals surface area contributed by atoms with Crippen molar-refractivity contribution in [2.45, 2.75) is 31.5 Å². The molecule has 0 bridgehead atoms. The number of aliphatic carboxylic acids is 1. The first-order chi connectivity index (χ1) is 7.14. The monoisotopic (exact) mass is 249 g/mol. The van der Waals surface area contributed by atoms with E-state index >= 15 is 0 Å². The average molecular weight is 249 g/mol. The number of amides is 1. The molecule has 0 saturated heterocycles. The fourth-order valence-corrected chi connectivity index (χ4v) is 0.790. The first-order valence-corrected chi connectivity index (χ1v) is 4.02. The van der Waals surface area contributed by atoms with Crippen LogP contribution in [0.15, 0.2) is 0 Å². The maximum atomic E-state index is 12.1. The number of carboxylic acid groups (broad SMARTS) is 1. The smallest absolute Gasteiger partial charge is 0.471 e. The minimum absolute atomic E-state index is 0.757. The summed E-state index contributed by atoms with van der Waals surface area (Å²) >= 11 is 0. The first-order valence-electron chi connectivity index (χ1n) is 4.02. The molecule has 0 aliphatic carbocycles. The zero-order valence-corrected chi connectivity index (χ0v) is 7.72. The fourth-order valence-electron chi connectivity index (χ4n) is 0.790. The zero-order chi connectivity index (χ0) is 12.9. The summed E-state index contributed by atoms with van der Waals surface area (Å²) in [7, 11) is 0. The molecule has 0 aromatic carbocycles. The number of carbonyl (C=O) groups is 2. The van der Waals surface area contributed by atoms with Gasteiger partial charge in [-0.2, -0.15) is 13.2 Å². The van der Waals surface area contributed by atoms with E-state index < -0.39 is 43.4 Å². The quantitative estimate of drug-likeness (QED) is 0.718. The van der Waals surface area contributed by atoms with Gasteiger partial charge in [0.15, 0.2) is 0 Å². The van der Waals surface area contributed by atoms with Crippen molar-refractivity contribution in [3.63, 3.8) is 0 Å². The highest BCUT2D eigenvalue weighted by Gasteiger charge is 2.41. The van der Waals surface area contributed by atoms with Crippen LogP contribution in [0.3, 0.4) is 0 Å². The molecule has 0 saturated carbocycles. The van der Waals surface area contributed by atoms with Crippen molar-refractivity contribution in [1.29, 1.82) is 0 Å². The highest BCUT2D eigenvalue weighted by Crippen LogP contribution is 2.16. The molecule has 0 fully saturated rings. The third kappa shape index (κ3) is 5.47. The predicted molar refractivity (Wildman–Crippen MR) is 40.9 cm³/mol. The summed E-state index contributed by atoms with van der Waals surface area (Å²) in [5.74, 6) is -3.95. The molecule has 0 spiro atoms. The second-order valence-electron chi connectivity index (χ2n) is 2.84. The molecule has 1 unspecified atom stereocenters. The summed E-state index contributed by atoms with van der Waals surface area (Å²) in [6, 6.07) is -2.12. The van der Waals surface area contributed by atoms with Crippen molar-refractivity contribution in [1.82, 2.24) is 5.32 Å². The molecule has 1 atom stereocenters. The van der Waals surface area contributed by atoms with Gasteiger partial charge in [-0.15, -0.1) is 0 Å². The molecule has 0 aliphatic heterocycles. The van der Waals surface area contributed by atoms with E-state index in [1.807, 2.05) is 0 Å². The Morgan fingerprint density at radius 3 is 2.06 bits per heavy atom. The minimum Gasteiger partial charge on any atom is -0.481 e. The number of hydrogen-bond acceptors (Lipinski definition) is 2. The van der Waals surface area contributed by atoms with Gasteiger partial charge >= 0.3 is 18.1 Å². The fraction of sp³-hybridized carbons (Fsp3) is 0.714. The van der Waals surface area contributed by atoms with Crippen molar-refractivity contribution in [2.75, 3.05) is 0 Å². The second kappa shape index (κ2) is 5.61. The van der Waals surface area contributed by atoms with Gasteiger partial charge in [0.2, 0.25) is 0 Å². The molecule has 1 amide bonds. The molecule has 0 radical (unpaired) electrons. The third-order valence-corrected chi connectivity index (χ3v) is 1.55. The van der Waals surface area contributed by atoms with Gasteiger partial charge in [0, 0.05) is 6.42 Å². The van der Waals surface area contributed by atoms with E-state index in [2.05, 4.69) is 0 Å². The Kier molecular flexibility index (Phi) is 5.12. The number of carbonyl (C=O) groups excluding carboxylic acids is 1. The van der Waals surface area contributed by atoms with Gasteiger partial charge < -0.3 is 10.4 Å². The standard InChI is InChI=1S/C7H8F5NO3/c8-5(9)3(1-2-4(14)15)13-6(16)7(10,11)12/h3,5H,1-2H2,(H,13,16)(H,14,15). The summed E-state index contributed by atoms with van der Waals surface area (Å²) in [5.41, 5.74) is 0.